The van der Waals surface area contributed by atoms with Crippen molar-refractivity contribution in [2.24, 2.45) is 0 Å². The van der Waals surface area contributed by atoms with Crippen molar-refractivity contribution in [3.63, 3.8) is 0 Å². The predicted molar refractivity (Wildman–Crippen MR) is 134 cm³/mol. The second-order valence-electron chi connectivity index (χ2n) is 9.46. The van der Waals surface area contributed by atoms with Gasteiger partial charge in [-0.05, 0) is 75.6 Å². The first-order valence-electron chi connectivity index (χ1n) is 11.1. The molecule has 0 unspecified atom stereocenters. The zero-order valence-electron chi connectivity index (χ0n) is 20.6. The van der Waals surface area contributed by atoms with Crippen LogP contribution in [-0.4, -0.2) is 37.5 Å². The van der Waals surface area contributed by atoms with Gasteiger partial charge in [-0.15, -0.1) is 0 Å². The van der Waals surface area contributed by atoms with Crippen LogP contribution in [0.1, 0.15) is 43.0 Å². The zero-order chi connectivity index (χ0) is 24.9. The molecule has 0 spiro atoms. The molecule has 4 rings (SSSR count). The highest BCUT2D eigenvalue weighted by Crippen LogP contribution is 2.42. The summed E-state index contributed by atoms with van der Waals surface area (Å²) in [5.74, 6) is -0.885. The highest BCUT2D eigenvalue weighted by Gasteiger charge is 2.37. The monoisotopic (exact) mass is 459 g/mol. The lowest BCUT2D eigenvalue weighted by molar-refractivity contribution is -0.122. The Bertz CT molecular complexity index is 1280. The van der Waals surface area contributed by atoms with E-state index in [0.717, 1.165) is 32.9 Å². The molecule has 0 radical (unpaired) electrons. The third-order valence-electron chi connectivity index (χ3n) is 6.43. The number of carbonyl (C=O) groups excluding carboxylic acids is 3. The molecule has 1 fully saturated rings. The first-order chi connectivity index (χ1) is 15.9. The Morgan fingerprint density at radius 3 is 2.24 bits per heavy atom. The Morgan fingerprint density at radius 1 is 0.971 bits per heavy atom. The number of ether oxygens (including phenoxy) is 1. The molecule has 34 heavy (non-hydrogen) atoms. The van der Waals surface area contributed by atoms with Crippen LogP contribution in [0.4, 0.5) is 16.2 Å². The fraction of sp³-hybridized carbons (Fsp3) is 0.296. The van der Waals surface area contributed by atoms with Crippen molar-refractivity contribution in [3.05, 3.63) is 64.2 Å². The average molecular weight is 460 g/mol. The predicted octanol–water partition coefficient (Wildman–Crippen LogP) is 4.61. The van der Waals surface area contributed by atoms with Crippen LogP contribution in [0.25, 0.3) is 11.6 Å². The summed E-state index contributed by atoms with van der Waals surface area (Å²) in [6, 6.07) is 8.49. The number of fused-ring (bicyclic) bond motifs is 1. The number of likely N-dealkylation sites (N-methyl/N-ethyl adjacent to an activating group) is 1. The summed E-state index contributed by atoms with van der Waals surface area (Å²) in [5, 5.41) is 2.29. The van der Waals surface area contributed by atoms with Crippen LogP contribution in [0, 0.1) is 13.8 Å². The lowest BCUT2D eigenvalue weighted by atomic mass is 9.88. The number of barbiturate groups is 1. The Balaban J connectivity index is 1.83. The summed E-state index contributed by atoms with van der Waals surface area (Å²) < 4.78 is 5.62. The molecule has 2 heterocycles. The highest BCUT2D eigenvalue weighted by molar-refractivity contribution is 6.39. The Hall–Kier alpha value is -3.87. The number of nitrogens with one attached hydrogen (secondary N) is 1. The van der Waals surface area contributed by atoms with E-state index >= 15 is 0 Å². The lowest BCUT2D eigenvalue weighted by Crippen LogP contribution is -2.54. The van der Waals surface area contributed by atoms with Crippen molar-refractivity contribution in [1.82, 2.24) is 5.32 Å². The summed E-state index contributed by atoms with van der Waals surface area (Å²) in [4.78, 5) is 41.9. The quantitative estimate of drug-likeness (QED) is 0.536. The minimum Gasteiger partial charge on any atom is -0.496 e. The van der Waals surface area contributed by atoms with E-state index in [1.54, 1.807) is 19.2 Å². The van der Waals surface area contributed by atoms with Crippen molar-refractivity contribution < 1.29 is 19.1 Å². The molecule has 1 N–H and O–H groups in total. The van der Waals surface area contributed by atoms with Crippen LogP contribution in [0.15, 0.2) is 42.0 Å². The van der Waals surface area contributed by atoms with Crippen LogP contribution in [0.2, 0.25) is 0 Å². The molecule has 2 aliphatic rings. The average Bonchev–Trinajstić information content (AvgIpc) is 2.73. The molecule has 1 saturated heterocycles. The van der Waals surface area contributed by atoms with E-state index in [2.05, 4.69) is 30.1 Å². The van der Waals surface area contributed by atoms with Crippen molar-refractivity contribution in [3.8, 4) is 5.75 Å². The molecule has 0 bridgehead atoms. The van der Waals surface area contributed by atoms with Crippen LogP contribution >= 0.6 is 0 Å². The summed E-state index contributed by atoms with van der Waals surface area (Å²) >= 11 is 0. The molecule has 7 nitrogen and oxygen atoms in total. The number of imide groups is 2. The molecule has 0 saturated carbocycles. The molecule has 4 amide bonds. The molecule has 2 aromatic rings. The standard InChI is InChI=1S/C27H29N3O4/c1-15-8-16(2)10-19(9-15)30-25(32)21(24(31)28-26(30)33)12-18-11-20-17(3)14-27(4,5)29(6)22(20)13-23(18)34-7/h8-14H,1-7H3,(H,28,31,33)/b21-12-. The Morgan fingerprint density at radius 2 is 1.62 bits per heavy atom. The molecule has 176 valence electrons. The van der Waals surface area contributed by atoms with Gasteiger partial charge in [0.15, 0.2) is 0 Å². The van der Waals surface area contributed by atoms with Crippen molar-refractivity contribution in [2.75, 3.05) is 24.0 Å². The van der Waals surface area contributed by atoms with Crippen LogP contribution in [0.5, 0.6) is 5.75 Å². The van der Waals surface area contributed by atoms with Gasteiger partial charge in [-0.2, -0.15) is 0 Å². The van der Waals surface area contributed by atoms with Gasteiger partial charge in [-0.1, -0.05) is 12.1 Å². The number of methoxy groups -OCH3 is 1. The largest absolute Gasteiger partial charge is 0.496 e. The van der Waals surface area contributed by atoms with E-state index in [9.17, 15) is 14.4 Å². The fourth-order valence-corrected chi connectivity index (χ4v) is 4.61. The maximum Gasteiger partial charge on any atom is 0.335 e. The van der Waals surface area contributed by atoms with Gasteiger partial charge >= 0.3 is 6.03 Å². The maximum atomic E-state index is 13.4. The van der Waals surface area contributed by atoms with Crippen molar-refractivity contribution in [1.29, 1.82) is 0 Å². The van der Waals surface area contributed by atoms with Gasteiger partial charge in [0.1, 0.15) is 11.3 Å². The lowest BCUT2D eigenvalue weighted by Gasteiger charge is -2.41. The number of nitrogens with zero attached hydrogens (tertiary/aromatic N) is 2. The Kier molecular flexibility index (Phi) is 5.59. The number of hydrogen-bond acceptors (Lipinski definition) is 5. The smallest absolute Gasteiger partial charge is 0.335 e. The van der Waals surface area contributed by atoms with E-state index in [1.807, 2.05) is 46.0 Å². The molecular formula is C27H29N3O4. The van der Waals surface area contributed by atoms with Crippen molar-refractivity contribution in [2.45, 2.75) is 40.2 Å². The molecule has 2 aliphatic heterocycles. The van der Waals surface area contributed by atoms with Gasteiger partial charge in [-0.25, -0.2) is 9.69 Å². The summed E-state index contributed by atoms with van der Waals surface area (Å²) in [6.07, 6.45) is 3.67. The second kappa shape index (κ2) is 8.17. The van der Waals surface area contributed by atoms with E-state index < -0.39 is 17.8 Å². The third-order valence-corrected chi connectivity index (χ3v) is 6.43. The number of urea groups is 1. The van der Waals surface area contributed by atoms with Gasteiger partial charge in [0.2, 0.25) is 0 Å². The first-order valence-corrected chi connectivity index (χ1v) is 11.1. The fourth-order valence-electron chi connectivity index (χ4n) is 4.61. The summed E-state index contributed by atoms with van der Waals surface area (Å²) in [7, 11) is 3.57. The second-order valence-corrected chi connectivity index (χ2v) is 9.46. The Labute approximate surface area is 199 Å². The normalized spacial score (nSPS) is 18.6. The minimum atomic E-state index is -0.766. The van der Waals surface area contributed by atoms with Gasteiger partial charge in [0.05, 0.1) is 18.3 Å². The topological polar surface area (TPSA) is 79.0 Å². The molecule has 7 heteroatoms. The van der Waals surface area contributed by atoms with E-state index in [-0.39, 0.29) is 11.1 Å². The zero-order valence-corrected chi connectivity index (χ0v) is 20.6. The number of carbonyl (C=O) groups is 3. The van der Waals surface area contributed by atoms with Crippen molar-refractivity contribution >= 4 is 40.9 Å². The number of amides is 4. The van der Waals surface area contributed by atoms with Gasteiger partial charge < -0.3 is 9.64 Å². The van der Waals surface area contributed by atoms with E-state index in [1.165, 1.54) is 6.08 Å². The summed E-state index contributed by atoms with van der Waals surface area (Å²) in [5.41, 5.74) is 5.57. The molecule has 0 atom stereocenters. The number of allylic oxidation sites excluding steroid dienone is 1. The van der Waals surface area contributed by atoms with Crippen LogP contribution < -0.4 is 19.9 Å². The number of anilines is 2. The van der Waals surface area contributed by atoms with Gasteiger partial charge in [-0.3, -0.25) is 14.9 Å². The highest BCUT2D eigenvalue weighted by atomic mass is 16.5. The van der Waals surface area contributed by atoms with E-state index in [4.69, 9.17) is 4.74 Å². The van der Waals surface area contributed by atoms with Crippen LogP contribution in [0.3, 0.4) is 0 Å². The van der Waals surface area contributed by atoms with Gasteiger partial charge in [0, 0.05) is 29.9 Å². The molecule has 2 aromatic carbocycles. The molecule has 0 aliphatic carbocycles. The third kappa shape index (κ3) is 3.87. The minimum absolute atomic E-state index is 0.136. The molecule has 0 aromatic heterocycles. The number of aryl methyl sites for hydroxylation is 2. The van der Waals surface area contributed by atoms with Gasteiger partial charge in [0.25, 0.3) is 11.8 Å². The summed E-state index contributed by atoms with van der Waals surface area (Å²) in [6.45, 7) is 10.1. The number of rotatable bonds is 3. The van der Waals surface area contributed by atoms with E-state index in [0.29, 0.717) is 17.0 Å². The number of benzene rings is 2. The molecular weight excluding hydrogens is 430 g/mol. The number of hydrogen-bond donors (Lipinski definition) is 1. The first kappa shape index (κ1) is 23.3. The SMILES string of the molecule is COc1cc2c(cc1/C=C1/C(=O)NC(=O)N(c3cc(C)cc(C)c3)C1=O)C(C)=CC(C)(C)N2C. The maximum absolute atomic E-state index is 13.4. The van der Waals surface area contributed by atoms with Crippen LogP contribution in [-0.2, 0) is 9.59 Å².